The first-order chi connectivity index (χ1) is 13.6. The summed E-state index contributed by atoms with van der Waals surface area (Å²) < 4.78 is 25.8. The summed E-state index contributed by atoms with van der Waals surface area (Å²) in [5, 5.41) is 7.61. The van der Waals surface area contributed by atoms with E-state index in [1.807, 2.05) is 12.1 Å². The van der Waals surface area contributed by atoms with E-state index in [0.29, 0.717) is 42.6 Å². The lowest BCUT2D eigenvalue weighted by Crippen LogP contribution is -2.46. The van der Waals surface area contributed by atoms with Crippen molar-refractivity contribution < 1.29 is 13.7 Å². The molecule has 1 N–H and O–H groups in total. The van der Waals surface area contributed by atoms with Gasteiger partial charge >= 0.3 is 0 Å². The number of ether oxygens (including phenoxy) is 1. The molecule has 2 aromatic carbocycles. The number of aryl methyl sites for hydroxylation is 1. The third-order valence-electron chi connectivity index (χ3n) is 5.20. The highest BCUT2D eigenvalue weighted by Crippen LogP contribution is 2.34. The first-order valence-corrected chi connectivity index (χ1v) is 10.0. The minimum Gasteiger partial charge on any atom is -0.381 e. The normalized spacial score (nSPS) is 16.2. The van der Waals surface area contributed by atoms with Gasteiger partial charge in [-0.15, -0.1) is 0 Å². The average molecular weight is 446 g/mol. The predicted molar refractivity (Wildman–Crippen MR) is 107 cm³/mol. The molecule has 4 rings (SSSR count). The smallest absolute Gasteiger partial charge is 0.240 e. The van der Waals surface area contributed by atoms with Crippen LogP contribution >= 0.6 is 15.9 Å². The Labute approximate surface area is 171 Å². The van der Waals surface area contributed by atoms with Gasteiger partial charge in [-0.3, -0.25) is 5.32 Å². The topological polar surface area (TPSA) is 60.2 Å². The lowest BCUT2D eigenvalue weighted by molar-refractivity contribution is 0.0346. The highest BCUT2D eigenvalue weighted by Gasteiger charge is 2.34. The molecule has 0 amide bonds. The van der Waals surface area contributed by atoms with Crippen LogP contribution in [0.3, 0.4) is 0 Å². The van der Waals surface area contributed by atoms with Gasteiger partial charge in [-0.25, -0.2) is 4.39 Å². The summed E-state index contributed by atoms with van der Waals surface area (Å²) in [6.45, 7) is 3.53. The molecule has 1 aliphatic heterocycles. The second-order valence-electron chi connectivity index (χ2n) is 7.03. The number of nitrogens with zero attached hydrogens (tertiary/aromatic N) is 2. The van der Waals surface area contributed by atoms with Crippen LogP contribution in [0.2, 0.25) is 0 Å². The van der Waals surface area contributed by atoms with Gasteiger partial charge in [0.25, 0.3) is 0 Å². The summed E-state index contributed by atoms with van der Waals surface area (Å²) in [5.41, 5.74) is 2.17. The van der Waals surface area contributed by atoms with Crippen molar-refractivity contribution in [3.05, 3.63) is 69.8 Å². The number of hydrogen-bond donors (Lipinski definition) is 1. The minimum atomic E-state index is -0.280. The van der Waals surface area contributed by atoms with E-state index in [1.165, 1.54) is 11.6 Å². The van der Waals surface area contributed by atoms with Crippen LogP contribution in [-0.2, 0) is 16.8 Å². The number of nitrogens with one attached hydrogen (secondary N) is 1. The van der Waals surface area contributed by atoms with E-state index in [-0.39, 0.29) is 11.4 Å². The van der Waals surface area contributed by atoms with Crippen molar-refractivity contribution in [2.75, 3.05) is 13.2 Å². The molecule has 0 bridgehead atoms. The maximum atomic E-state index is 13.8. The third-order valence-corrected chi connectivity index (χ3v) is 5.69. The Kier molecular flexibility index (Phi) is 5.57. The molecule has 0 spiro atoms. The Balaban J connectivity index is 1.53. The average Bonchev–Trinajstić information content (AvgIpc) is 3.18. The van der Waals surface area contributed by atoms with Gasteiger partial charge in [0.1, 0.15) is 5.82 Å². The number of benzene rings is 2. The molecular weight excluding hydrogens is 425 g/mol. The fraction of sp³-hybridized carbons (Fsp3) is 0.333. The molecule has 1 aliphatic rings. The van der Waals surface area contributed by atoms with Crippen LogP contribution in [0.5, 0.6) is 0 Å². The summed E-state index contributed by atoms with van der Waals surface area (Å²) in [5.74, 6) is 0.578. The van der Waals surface area contributed by atoms with Crippen LogP contribution in [0, 0.1) is 12.7 Å². The van der Waals surface area contributed by atoms with Crippen molar-refractivity contribution in [3.8, 4) is 11.4 Å². The van der Waals surface area contributed by atoms with Crippen molar-refractivity contribution in [1.29, 1.82) is 0 Å². The van der Waals surface area contributed by atoms with Crippen molar-refractivity contribution in [3.63, 3.8) is 0 Å². The summed E-state index contributed by atoms with van der Waals surface area (Å²) in [4.78, 5) is 4.43. The number of halogens is 2. The summed E-state index contributed by atoms with van der Waals surface area (Å²) in [6.07, 6.45) is 1.71. The van der Waals surface area contributed by atoms with E-state index >= 15 is 0 Å². The molecule has 0 atom stereocenters. The number of rotatable bonds is 5. The van der Waals surface area contributed by atoms with Gasteiger partial charge in [0, 0.05) is 28.8 Å². The van der Waals surface area contributed by atoms with E-state index < -0.39 is 0 Å². The molecule has 1 aromatic heterocycles. The molecule has 1 saturated heterocycles. The fourth-order valence-corrected chi connectivity index (χ4v) is 3.89. The quantitative estimate of drug-likeness (QED) is 0.614. The van der Waals surface area contributed by atoms with Crippen molar-refractivity contribution in [2.24, 2.45) is 0 Å². The van der Waals surface area contributed by atoms with E-state index in [9.17, 15) is 4.39 Å². The molecule has 7 heteroatoms. The zero-order valence-electron chi connectivity index (χ0n) is 15.5. The SMILES string of the molecule is Cc1ccc(-c2noc(CNC3(c4cccc(Br)c4)CCOCC3)n2)cc1F. The first-order valence-electron chi connectivity index (χ1n) is 9.24. The Bertz CT molecular complexity index is 970. The Morgan fingerprint density at radius 3 is 2.75 bits per heavy atom. The maximum absolute atomic E-state index is 13.8. The molecule has 0 saturated carbocycles. The van der Waals surface area contributed by atoms with Crippen LogP contribution in [-0.4, -0.2) is 23.4 Å². The van der Waals surface area contributed by atoms with E-state index in [2.05, 4.69) is 43.5 Å². The highest BCUT2D eigenvalue weighted by molar-refractivity contribution is 9.10. The minimum absolute atomic E-state index is 0.216. The third kappa shape index (κ3) is 4.01. The van der Waals surface area contributed by atoms with Crippen molar-refractivity contribution in [2.45, 2.75) is 31.8 Å². The Morgan fingerprint density at radius 1 is 1.18 bits per heavy atom. The van der Waals surface area contributed by atoms with E-state index in [0.717, 1.165) is 17.3 Å². The van der Waals surface area contributed by atoms with Crippen LogP contribution in [0.1, 0.15) is 29.9 Å². The monoisotopic (exact) mass is 445 g/mol. The number of aromatic nitrogens is 2. The Morgan fingerprint density at radius 2 is 2.00 bits per heavy atom. The van der Waals surface area contributed by atoms with Gasteiger partial charge < -0.3 is 9.26 Å². The van der Waals surface area contributed by atoms with Crippen LogP contribution < -0.4 is 5.32 Å². The lowest BCUT2D eigenvalue weighted by Gasteiger charge is -2.38. The molecule has 28 heavy (non-hydrogen) atoms. The zero-order valence-corrected chi connectivity index (χ0v) is 17.1. The largest absolute Gasteiger partial charge is 0.381 e. The predicted octanol–water partition coefficient (Wildman–Crippen LogP) is 4.74. The molecule has 0 radical (unpaired) electrons. The molecule has 0 aliphatic carbocycles. The van der Waals surface area contributed by atoms with Crippen LogP contribution in [0.15, 0.2) is 51.5 Å². The van der Waals surface area contributed by atoms with Gasteiger partial charge in [-0.05, 0) is 49.1 Å². The zero-order chi connectivity index (χ0) is 19.6. The summed E-state index contributed by atoms with van der Waals surface area (Å²) in [6, 6.07) is 13.2. The van der Waals surface area contributed by atoms with Crippen molar-refractivity contribution >= 4 is 15.9 Å². The van der Waals surface area contributed by atoms with E-state index in [1.54, 1.807) is 19.1 Å². The van der Waals surface area contributed by atoms with Crippen molar-refractivity contribution in [1.82, 2.24) is 15.5 Å². The number of hydrogen-bond acceptors (Lipinski definition) is 5. The molecule has 1 fully saturated rings. The summed E-state index contributed by atoms with van der Waals surface area (Å²) in [7, 11) is 0. The second-order valence-corrected chi connectivity index (χ2v) is 7.95. The maximum Gasteiger partial charge on any atom is 0.240 e. The molecule has 3 aromatic rings. The van der Waals surface area contributed by atoms with Gasteiger partial charge in [0.05, 0.1) is 6.54 Å². The fourth-order valence-electron chi connectivity index (χ4n) is 3.49. The van der Waals surface area contributed by atoms with Gasteiger partial charge in [0.15, 0.2) is 0 Å². The molecule has 0 unspecified atom stereocenters. The van der Waals surface area contributed by atoms with Gasteiger partial charge in [-0.1, -0.05) is 45.4 Å². The molecule has 2 heterocycles. The lowest BCUT2D eigenvalue weighted by atomic mass is 9.82. The summed E-state index contributed by atoms with van der Waals surface area (Å²) >= 11 is 3.56. The standard InChI is InChI=1S/C21H21BrFN3O2/c1-14-5-6-15(11-18(14)23)20-25-19(28-26-20)13-24-21(7-9-27-10-8-21)16-3-2-4-17(22)12-16/h2-6,11-12,24H,7-10,13H2,1H3. The van der Waals surface area contributed by atoms with Crippen LogP contribution in [0.4, 0.5) is 4.39 Å². The van der Waals surface area contributed by atoms with Crippen LogP contribution in [0.25, 0.3) is 11.4 Å². The first kappa shape index (κ1) is 19.2. The molecular formula is C21H21BrFN3O2. The molecule has 146 valence electrons. The highest BCUT2D eigenvalue weighted by atomic mass is 79.9. The second kappa shape index (κ2) is 8.11. The van der Waals surface area contributed by atoms with E-state index in [4.69, 9.17) is 9.26 Å². The van der Waals surface area contributed by atoms with Gasteiger partial charge in [-0.2, -0.15) is 4.98 Å². The molecule has 5 nitrogen and oxygen atoms in total. The Hall–Kier alpha value is -2.09. The van der Waals surface area contributed by atoms with Gasteiger partial charge in [0.2, 0.25) is 11.7 Å².